The fourth-order valence-corrected chi connectivity index (χ4v) is 1.00. The van der Waals surface area contributed by atoms with Crippen LogP contribution < -0.4 is 11.0 Å². The Morgan fingerprint density at radius 1 is 1.33 bits per heavy atom. The summed E-state index contributed by atoms with van der Waals surface area (Å²) < 4.78 is 0. The van der Waals surface area contributed by atoms with E-state index in [1.54, 1.807) is 23.7 Å². The summed E-state index contributed by atoms with van der Waals surface area (Å²) in [6.45, 7) is 1.22. The zero-order chi connectivity index (χ0) is 14.0. The van der Waals surface area contributed by atoms with E-state index >= 15 is 0 Å². The van der Waals surface area contributed by atoms with E-state index in [1.807, 2.05) is 6.07 Å². The highest BCUT2D eigenvalue weighted by Gasteiger charge is 2.03. The van der Waals surface area contributed by atoms with Gasteiger partial charge in [-0.2, -0.15) is 0 Å². The fourth-order valence-electron chi connectivity index (χ4n) is 1.00. The highest BCUT2D eigenvalue weighted by molar-refractivity contribution is 5.93. The average Bonchev–Trinajstić information content (AvgIpc) is 2.39. The predicted molar refractivity (Wildman–Crippen MR) is 63.8 cm³/mol. The van der Waals surface area contributed by atoms with E-state index in [0.717, 1.165) is 5.56 Å². The van der Waals surface area contributed by atoms with Gasteiger partial charge in [0.05, 0.1) is 0 Å². The maximum atomic E-state index is 11.0. The van der Waals surface area contributed by atoms with Crippen LogP contribution in [0.25, 0.3) is 0 Å². The van der Waals surface area contributed by atoms with Crippen molar-refractivity contribution in [3.05, 3.63) is 35.4 Å². The van der Waals surface area contributed by atoms with Gasteiger partial charge in [0.25, 0.3) is 5.91 Å². The van der Waals surface area contributed by atoms with Gasteiger partial charge in [0.1, 0.15) is 0 Å². The van der Waals surface area contributed by atoms with Crippen molar-refractivity contribution in [2.24, 2.45) is 0 Å². The lowest BCUT2D eigenvalue weighted by atomic mass is 10.1. The van der Waals surface area contributed by atoms with E-state index in [-0.39, 0.29) is 0 Å². The van der Waals surface area contributed by atoms with Crippen LogP contribution in [0.2, 0.25) is 0 Å². The summed E-state index contributed by atoms with van der Waals surface area (Å²) >= 11 is 0. The molecule has 6 nitrogen and oxygen atoms in total. The summed E-state index contributed by atoms with van der Waals surface area (Å²) in [6, 6.07) is 6.79. The zero-order valence-electron chi connectivity index (χ0n) is 9.80. The molecule has 0 saturated heterocycles. The summed E-state index contributed by atoms with van der Waals surface area (Å²) in [4.78, 5) is 20.4. The molecule has 0 saturated carbocycles. The van der Waals surface area contributed by atoms with Gasteiger partial charge in [-0.3, -0.25) is 20.0 Å². The molecule has 2 amide bonds. The Hall–Kier alpha value is -2.36. The lowest BCUT2D eigenvalue weighted by Gasteiger charge is -2.00. The minimum Gasteiger partial charge on any atom is -0.289 e. The van der Waals surface area contributed by atoms with Gasteiger partial charge in [0.2, 0.25) is 5.91 Å². The zero-order valence-corrected chi connectivity index (χ0v) is 9.80. The number of carbonyl (C=O) groups excluding carboxylic acids is 2. The molecule has 0 aromatic heterocycles. The Bertz CT molecular complexity index is 452. The molecule has 1 rings (SSSR count). The average molecular weight is 250 g/mol. The van der Waals surface area contributed by atoms with Crippen molar-refractivity contribution in [2.45, 2.75) is 13.3 Å². The Morgan fingerprint density at radius 2 is 1.94 bits per heavy atom. The second-order valence-corrected chi connectivity index (χ2v) is 3.19. The second kappa shape index (κ2) is 8.75. The number of terminal acetylenes is 1. The molecule has 96 valence electrons. The summed E-state index contributed by atoms with van der Waals surface area (Å²) in [7, 11) is 0. The Labute approximate surface area is 105 Å². The van der Waals surface area contributed by atoms with E-state index < -0.39 is 11.8 Å². The van der Waals surface area contributed by atoms with E-state index in [2.05, 4.69) is 5.92 Å². The number of hydrogen-bond acceptors (Lipinski definition) is 4. The van der Waals surface area contributed by atoms with Gasteiger partial charge >= 0.3 is 0 Å². The number of benzene rings is 1. The number of hydroxylamine groups is 2. The molecule has 6 heteroatoms. The molecule has 1 aromatic rings. The van der Waals surface area contributed by atoms with Gasteiger partial charge in [-0.15, -0.1) is 12.3 Å². The maximum Gasteiger partial charge on any atom is 0.274 e. The van der Waals surface area contributed by atoms with Crippen molar-refractivity contribution in [1.29, 1.82) is 0 Å². The molecule has 1 aromatic carbocycles. The molecule has 0 bridgehead atoms. The predicted octanol–water partition coefficient (Wildman–Crippen LogP) is 0.493. The minimum absolute atomic E-state index is 0.398. The molecule has 4 N–H and O–H groups in total. The van der Waals surface area contributed by atoms with Crippen molar-refractivity contribution >= 4 is 11.8 Å². The fraction of sp³-hybridized carbons (Fsp3) is 0.167. The van der Waals surface area contributed by atoms with Gasteiger partial charge in [0, 0.05) is 18.9 Å². The van der Waals surface area contributed by atoms with Crippen molar-refractivity contribution in [3.63, 3.8) is 0 Å². The minimum atomic E-state index is -0.529. The van der Waals surface area contributed by atoms with Crippen LogP contribution in [-0.4, -0.2) is 22.2 Å². The standard InChI is InChI=1S/C10H9NO2.C2H5NO2/c1-2-4-8-5-3-6-9(7-8)10(12)11-13;1-2(4)3-5/h1,3,5-7,13H,4H2,(H,11,12);5H,1H3,(H,3,4). The summed E-state index contributed by atoms with van der Waals surface area (Å²) in [6.07, 6.45) is 5.60. The molecule has 0 aliphatic carbocycles. The van der Waals surface area contributed by atoms with E-state index in [1.165, 1.54) is 12.4 Å². The highest BCUT2D eigenvalue weighted by Crippen LogP contribution is 2.05. The largest absolute Gasteiger partial charge is 0.289 e. The van der Waals surface area contributed by atoms with Crippen LogP contribution in [0.1, 0.15) is 22.8 Å². The summed E-state index contributed by atoms with van der Waals surface area (Å²) in [5, 5.41) is 15.9. The molecule has 0 aliphatic rings. The molecular weight excluding hydrogens is 236 g/mol. The van der Waals surface area contributed by atoms with Crippen LogP contribution in [0, 0.1) is 12.3 Å². The van der Waals surface area contributed by atoms with Crippen molar-refractivity contribution < 1.29 is 20.0 Å². The lowest BCUT2D eigenvalue weighted by molar-refractivity contribution is -0.126. The van der Waals surface area contributed by atoms with Crippen LogP contribution in [0.15, 0.2) is 24.3 Å². The van der Waals surface area contributed by atoms with Gasteiger partial charge in [-0.25, -0.2) is 11.0 Å². The number of hydrogen-bond donors (Lipinski definition) is 4. The lowest BCUT2D eigenvalue weighted by Crippen LogP contribution is -2.18. The molecule has 0 unspecified atom stereocenters. The molecule has 0 aliphatic heterocycles. The first-order valence-electron chi connectivity index (χ1n) is 4.92. The van der Waals surface area contributed by atoms with Crippen LogP contribution in [0.4, 0.5) is 0 Å². The molecule has 0 radical (unpaired) electrons. The summed E-state index contributed by atoms with van der Waals surface area (Å²) in [5.74, 6) is 1.51. The molecule has 0 heterocycles. The monoisotopic (exact) mass is 250 g/mol. The first-order valence-corrected chi connectivity index (χ1v) is 4.92. The molecule has 0 atom stereocenters. The SMILES string of the molecule is C#CCc1cccc(C(=O)NO)c1.CC(=O)NO. The first kappa shape index (κ1) is 15.6. The Balaban J connectivity index is 0.000000494. The molecule has 18 heavy (non-hydrogen) atoms. The normalized spacial score (nSPS) is 8.33. The Kier molecular flexibility index (Phi) is 7.61. The van der Waals surface area contributed by atoms with Crippen molar-refractivity contribution in [2.75, 3.05) is 0 Å². The summed E-state index contributed by atoms with van der Waals surface area (Å²) in [5.41, 5.74) is 4.23. The Morgan fingerprint density at radius 3 is 2.39 bits per heavy atom. The number of nitrogens with one attached hydrogen (secondary N) is 2. The van der Waals surface area contributed by atoms with Crippen LogP contribution in [0.3, 0.4) is 0 Å². The third kappa shape index (κ3) is 6.27. The van der Waals surface area contributed by atoms with Gasteiger partial charge < -0.3 is 0 Å². The van der Waals surface area contributed by atoms with Crippen LogP contribution >= 0.6 is 0 Å². The van der Waals surface area contributed by atoms with E-state index in [4.69, 9.17) is 16.8 Å². The second-order valence-electron chi connectivity index (χ2n) is 3.19. The van der Waals surface area contributed by atoms with Crippen LogP contribution in [0.5, 0.6) is 0 Å². The van der Waals surface area contributed by atoms with Gasteiger partial charge in [-0.05, 0) is 17.7 Å². The molecule has 0 fully saturated rings. The van der Waals surface area contributed by atoms with E-state index in [9.17, 15) is 9.59 Å². The maximum absolute atomic E-state index is 11.0. The van der Waals surface area contributed by atoms with E-state index in [0.29, 0.717) is 12.0 Å². The van der Waals surface area contributed by atoms with Crippen molar-refractivity contribution in [1.82, 2.24) is 11.0 Å². The van der Waals surface area contributed by atoms with Gasteiger partial charge in [0.15, 0.2) is 0 Å². The van der Waals surface area contributed by atoms with Crippen molar-refractivity contribution in [3.8, 4) is 12.3 Å². The topological polar surface area (TPSA) is 98.7 Å². The number of carbonyl (C=O) groups is 2. The smallest absolute Gasteiger partial charge is 0.274 e. The number of amides is 2. The van der Waals surface area contributed by atoms with Gasteiger partial charge in [-0.1, -0.05) is 12.1 Å². The van der Waals surface area contributed by atoms with Crippen LogP contribution in [-0.2, 0) is 11.2 Å². The number of rotatable bonds is 2. The molecular formula is C12H14N2O4. The third-order valence-corrected chi connectivity index (χ3v) is 1.75. The quantitative estimate of drug-likeness (QED) is 0.349. The molecule has 0 spiro atoms. The third-order valence-electron chi connectivity index (χ3n) is 1.75. The first-order chi connectivity index (χ1) is 8.54. The highest BCUT2D eigenvalue weighted by atomic mass is 16.5.